The molecule has 7 nitrogen and oxygen atoms in total. The maximum atomic E-state index is 12.2. The number of carbonyl (C=O) groups excluding carboxylic acids is 2. The van der Waals surface area contributed by atoms with Crippen LogP contribution < -0.4 is 16.8 Å². The van der Waals surface area contributed by atoms with Crippen LogP contribution in [0.4, 0.5) is 11.4 Å². The van der Waals surface area contributed by atoms with Gasteiger partial charge in [-0.15, -0.1) is 0 Å². The SMILES string of the molecule is N=C(c1cccc(NC(=O)C2CCOC2)c1)c1cc(C(N)=O)ccc1N. The molecule has 26 heavy (non-hydrogen) atoms. The largest absolute Gasteiger partial charge is 0.398 e. The molecular weight excluding hydrogens is 332 g/mol. The third-order valence-electron chi connectivity index (χ3n) is 4.33. The minimum absolute atomic E-state index is 0.0959. The van der Waals surface area contributed by atoms with E-state index in [2.05, 4.69) is 5.32 Å². The average molecular weight is 352 g/mol. The van der Waals surface area contributed by atoms with E-state index in [1.54, 1.807) is 30.3 Å². The molecule has 0 bridgehead atoms. The first-order valence-electron chi connectivity index (χ1n) is 8.23. The standard InChI is InChI=1S/C19H20N4O3/c20-16-5-4-12(18(22)24)9-15(16)17(21)11-2-1-3-14(8-11)23-19(25)13-6-7-26-10-13/h1-5,8-9,13,21H,6-7,10,20H2,(H2,22,24)(H,23,25). The van der Waals surface area contributed by atoms with Gasteiger partial charge in [0.1, 0.15) is 0 Å². The number of primary amides is 1. The van der Waals surface area contributed by atoms with Gasteiger partial charge in [-0.3, -0.25) is 15.0 Å². The number of anilines is 2. The predicted molar refractivity (Wildman–Crippen MR) is 99.3 cm³/mol. The Hall–Kier alpha value is -3.19. The fraction of sp³-hybridized carbons (Fsp3) is 0.211. The number of nitrogens with one attached hydrogen (secondary N) is 2. The van der Waals surface area contributed by atoms with Gasteiger partial charge in [-0.05, 0) is 36.8 Å². The van der Waals surface area contributed by atoms with Gasteiger partial charge >= 0.3 is 0 Å². The van der Waals surface area contributed by atoms with Gasteiger partial charge in [0.25, 0.3) is 0 Å². The van der Waals surface area contributed by atoms with Gasteiger partial charge in [-0.2, -0.15) is 0 Å². The molecule has 1 saturated heterocycles. The van der Waals surface area contributed by atoms with E-state index in [1.807, 2.05) is 0 Å². The zero-order valence-electron chi connectivity index (χ0n) is 14.1. The monoisotopic (exact) mass is 352 g/mol. The zero-order chi connectivity index (χ0) is 18.7. The van der Waals surface area contributed by atoms with Crippen LogP contribution in [0, 0.1) is 11.3 Å². The van der Waals surface area contributed by atoms with Crippen LogP contribution in [0.5, 0.6) is 0 Å². The molecule has 0 aliphatic carbocycles. The summed E-state index contributed by atoms with van der Waals surface area (Å²) in [4.78, 5) is 23.6. The molecule has 134 valence electrons. The third-order valence-corrected chi connectivity index (χ3v) is 4.33. The van der Waals surface area contributed by atoms with Crippen LogP contribution in [0.2, 0.25) is 0 Å². The highest BCUT2D eigenvalue weighted by Crippen LogP contribution is 2.21. The molecule has 0 aromatic heterocycles. The highest BCUT2D eigenvalue weighted by Gasteiger charge is 2.23. The van der Waals surface area contributed by atoms with E-state index in [-0.39, 0.29) is 23.1 Å². The Morgan fingerprint density at radius 2 is 1.96 bits per heavy atom. The Morgan fingerprint density at radius 1 is 1.15 bits per heavy atom. The van der Waals surface area contributed by atoms with E-state index in [1.165, 1.54) is 12.1 Å². The molecule has 1 aliphatic heterocycles. The number of ether oxygens (including phenoxy) is 1. The summed E-state index contributed by atoms with van der Waals surface area (Å²) in [5, 5.41) is 11.3. The van der Waals surface area contributed by atoms with Gasteiger partial charge in [0.2, 0.25) is 11.8 Å². The van der Waals surface area contributed by atoms with E-state index in [4.69, 9.17) is 21.6 Å². The fourth-order valence-corrected chi connectivity index (χ4v) is 2.82. The van der Waals surface area contributed by atoms with Crippen molar-refractivity contribution in [2.24, 2.45) is 11.7 Å². The Balaban J connectivity index is 1.83. The van der Waals surface area contributed by atoms with Crippen LogP contribution in [0.1, 0.15) is 27.9 Å². The Kier molecular flexibility index (Phi) is 4.99. The molecule has 7 heteroatoms. The smallest absolute Gasteiger partial charge is 0.248 e. The Morgan fingerprint density at radius 3 is 2.65 bits per heavy atom. The predicted octanol–water partition coefficient (Wildman–Crippen LogP) is 1.76. The molecule has 1 heterocycles. The zero-order valence-corrected chi connectivity index (χ0v) is 14.1. The van der Waals surface area contributed by atoms with Crippen molar-refractivity contribution < 1.29 is 14.3 Å². The number of benzene rings is 2. The summed E-state index contributed by atoms with van der Waals surface area (Å²) in [6, 6.07) is 11.5. The minimum atomic E-state index is -0.584. The average Bonchev–Trinajstić information content (AvgIpc) is 3.16. The molecule has 2 aromatic rings. The van der Waals surface area contributed by atoms with Gasteiger partial charge in [0, 0.05) is 34.7 Å². The van der Waals surface area contributed by atoms with E-state index in [9.17, 15) is 9.59 Å². The second-order valence-electron chi connectivity index (χ2n) is 6.17. The highest BCUT2D eigenvalue weighted by molar-refractivity contribution is 6.15. The van der Waals surface area contributed by atoms with Crippen LogP contribution in [-0.4, -0.2) is 30.7 Å². The van der Waals surface area contributed by atoms with Crippen molar-refractivity contribution in [2.45, 2.75) is 6.42 Å². The maximum absolute atomic E-state index is 12.2. The third kappa shape index (κ3) is 3.73. The van der Waals surface area contributed by atoms with Crippen LogP contribution in [0.25, 0.3) is 0 Å². The van der Waals surface area contributed by atoms with Crippen LogP contribution in [-0.2, 0) is 9.53 Å². The van der Waals surface area contributed by atoms with Gasteiger partial charge in [0.05, 0.1) is 18.2 Å². The molecule has 3 rings (SSSR count). The van der Waals surface area contributed by atoms with E-state index in [0.717, 1.165) is 0 Å². The summed E-state index contributed by atoms with van der Waals surface area (Å²) in [5.74, 6) is -0.832. The van der Waals surface area contributed by atoms with Crippen molar-refractivity contribution in [1.29, 1.82) is 5.41 Å². The molecule has 0 saturated carbocycles. The molecule has 0 spiro atoms. The number of nitrogen functional groups attached to an aromatic ring is 1. The van der Waals surface area contributed by atoms with Crippen LogP contribution in [0.15, 0.2) is 42.5 Å². The van der Waals surface area contributed by atoms with Crippen LogP contribution >= 0.6 is 0 Å². The van der Waals surface area contributed by atoms with Gasteiger partial charge in [-0.25, -0.2) is 0 Å². The summed E-state index contributed by atoms with van der Waals surface area (Å²) < 4.78 is 5.23. The number of hydrogen-bond acceptors (Lipinski definition) is 5. The molecule has 1 fully saturated rings. The quantitative estimate of drug-likeness (QED) is 0.482. The van der Waals surface area contributed by atoms with E-state index < -0.39 is 5.91 Å². The number of amides is 2. The topological polar surface area (TPSA) is 131 Å². The van der Waals surface area contributed by atoms with Crippen molar-refractivity contribution in [3.05, 3.63) is 59.2 Å². The molecule has 2 amide bonds. The number of carbonyl (C=O) groups is 2. The molecule has 1 atom stereocenters. The first kappa shape index (κ1) is 17.6. The van der Waals surface area contributed by atoms with Crippen molar-refractivity contribution in [3.63, 3.8) is 0 Å². The molecule has 0 radical (unpaired) electrons. The van der Waals surface area contributed by atoms with Crippen molar-refractivity contribution in [3.8, 4) is 0 Å². The first-order chi connectivity index (χ1) is 12.5. The highest BCUT2D eigenvalue weighted by atomic mass is 16.5. The first-order valence-corrected chi connectivity index (χ1v) is 8.23. The summed E-state index contributed by atoms with van der Waals surface area (Å²) in [6.07, 6.45) is 0.706. The van der Waals surface area contributed by atoms with E-state index in [0.29, 0.717) is 42.1 Å². The molecular formula is C19H20N4O3. The summed E-state index contributed by atoms with van der Waals surface area (Å²) >= 11 is 0. The summed E-state index contributed by atoms with van der Waals surface area (Å²) in [5.41, 5.74) is 13.6. The maximum Gasteiger partial charge on any atom is 0.248 e. The lowest BCUT2D eigenvalue weighted by atomic mass is 9.98. The van der Waals surface area contributed by atoms with Gasteiger partial charge < -0.3 is 21.5 Å². The number of nitrogens with two attached hydrogens (primary N) is 2. The lowest BCUT2D eigenvalue weighted by molar-refractivity contribution is -0.119. The molecule has 1 aliphatic rings. The fourth-order valence-electron chi connectivity index (χ4n) is 2.82. The van der Waals surface area contributed by atoms with Crippen molar-refractivity contribution >= 4 is 28.9 Å². The Labute approximate surface area is 150 Å². The van der Waals surface area contributed by atoms with Crippen molar-refractivity contribution in [2.75, 3.05) is 24.3 Å². The second-order valence-corrected chi connectivity index (χ2v) is 6.17. The molecule has 2 aromatic carbocycles. The lowest BCUT2D eigenvalue weighted by Crippen LogP contribution is -2.23. The van der Waals surface area contributed by atoms with Crippen molar-refractivity contribution in [1.82, 2.24) is 0 Å². The molecule has 1 unspecified atom stereocenters. The van der Waals surface area contributed by atoms with Gasteiger partial charge in [0.15, 0.2) is 0 Å². The lowest BCUT2D eigenvalue weighted by Gasteiger charge is -2.12. The summed E-state index contributed by atoms with van der Waals surface area (Å²) in [6.45, 7) is 1.02. The number of hydrogen-bond donors (Lipinski definition) is 4. The van der Waals surface area contributed by atoms with Gasteiger partial charge in [-0.1, -0.05) is 12.1 Å². The normalized spacial score (nSPS) is 16.2. The Bertz CT molecular complexity index is 873. The molecule has 6 N–H and O–H groups in total. The second kappa shape index (κ2) is 7.37. The minimum Gasteiger partial charge on any atom is -0.398 e. The summed E-state index contributed by atoms with van der Waals surface area (Å²) in [7, 11) is 0. The number of rotatable bonds is 5. The van der Waals surface area contributed by atoms with Crippen LogP contribution in [0.3, 0.4) is 0 Å². The van der Waals surface area contributed by atoms with E-state index >= 15 is 0 Å².